The van der Waals surface area contributed by atoms with E-state index in [2.05, 4.69) is 35.2 Å². The second kappa shape index (κ2) is 3.97. The molecule has 0 unspecified atom stereocenters. The Kier molecular flexibility index (Phi) is 2.49. The zero-order valence-corrected chi connectivity index (χ0v) is 9.23. The van der Waals surface area contributed by atoms with Crippen LogP contribution in [0.4, 0.5) is 0 Å². The minimum atomic E-state index is 1.01. The first-order valence-electron chi connectivity index (χ1n) is 6.16. The molecule has 2 atom stereocenters. The molecule has 15 heavy (non-hydrogen) atoms. The van der Waals surface area contributed by atoms with E-state index in [1.807, 2.05) is 0 Å². The van der Waals surface area contributed by atoms with Crippen LogP contribution >= 0.6 is 0 Å². The lowest BCUT2D eigenvalue weighted by molar-refractivity contribution is 0.161. The highest BCUT2D eigenvalue weighted by molar-refractivity contribution is 5.14. The number of nitrogens with zero attached hydrogens (tertiary/aromatic N) is 1. The van der Waals surface area contributed by atoms with Crippen LogP contribution in [0.5, 0.6) is 0 Å². The number of hydrogen-bond donors (Lipinski definition) is 0. The summed E-state index contributed by atoms with van der Waals surface area (Å²) < 4.78 is 0. The van der Waals surface area contributed by atoms with Crippen molar-refractivity contribution in [3.63, 3.8) is 0 Å². The number of likely N-dealkylation sites (tertiary alicyclic amines) is 1. The molecule has 3 rings (SSSR count). The number of benzene rings is 1. The van der Waals surface area contributed by atoms with E-state index in [1.54, 1.807) is 0 Å². The minimum Gasteiger partial charge on any atom is -0.299 e. The van der Waals surface area contributed by atoms with Gasteiger partial charge in [0.2, 0.25) is 0 Å². The Balaban J connectivity index is 1.65. The fourth-order valence-electron chi connectivity index (χ4n) is 3.29. The normalized spacial score (nSPS) is 30.7. The number of hydrogen-bond acceptors (Lipinski definition) is 1. The average molecular weight is 201 g/mol. The molecule has 2 fully saturated rings. The summed E-state index contributed by atoms with van der Waals surface area (Å²) in [6.07, 6.45) is 4.47. The summed E-state index contributed by atoms with van der Waals surface area (Å²) in [5, 5.41) is 0. The second-order valence-corrected chi connectivity index (χ2v) is 5.22. The lowest BCUT2D eigenvalue weighted by Crippen LogP contribution is -2.35. The number of piperidine rings is 1. The van der Waals surface area contributed by atoms with E-state index >= 15 is 0 Å². The molecule has 80 valence electrons. The molecule has 1 aromatic carbocycles. The number of rotatable bonds is 2. The van der Waals surface area contributed by atoms with E-state index in [4.69, 9.17) is 0 Å². The van der Waals surface area contributed by atoms with Crippen molar-refractivity contribution in [3.8, 4) is 0 Å². The zero-order chi connectivity index (χ0) is 10.1. The molecule has 0 N–H and O–H groups in total. The second-order valence-electron chi connectivity index (χ2n) is 5.22. The highest BCUT2D eigenvalue weighted by Crippen LogP contribution is 2.36. The highest BCUT2D eigenvalue weighted by Gasteiger charge is 2.32. The molecule has 1 aliphatic carbocycles. The topological polar surface area (TPSA) is 3.24 Å². The molecule has 0 amide bonds. The highest BCUT2D eigenvalue weighted by atomic mass is 15.1. The summed E-state index contributed by atoms with van der Waals surface area (Å²) in [5.74, 6) is 2.01. The monoisotopic (exact) mass is 201 g/mol. The van der Waals surface area contributed by atoms with Crippen molar-refractivity contribution in [3.05, 3.63) is 35.9 Å². The largest absolute Gasteiger partial charge is 0.299 e. The van der Waals surface area contributed by atoms with E-state index in [-0.39, 0.29) is 0 Å². The van der Waals surface area contributed by atoms with Gasteiger partial charge in [-0.3, -0.25) is 4.90 Å². The molecule has 1 heteroatoms. The summed E-state index contributed by atoms with van der Waals surface area (Å²) in [7, 11) is 0. The van der Waals surface area contributed by atoms with Crippen LogP contribution in [0, 0.1) is 11.8 Å². The lowest BCUT2D eigenvalue weighted by Gasteiger charge is -2.31. The maximum absolute atomic E-state index is 2.65. The Morgan fingerprint density at radius 2 is 1.67 bits per heavy atom. The van der Waals surface area contributed by atoms with Gasteiger partial charge in [-0.15, -0.1) is 0 Å². The van der Waals surface area contributed by atoms with E-state index in [1.165, 1.54) is 37.9 Å². The van der Waals surface area contributed by atoms with Crippen molar-refractivity contribution in [1.82, 2.24) is 4.90 Å². The maximum Gasteiger partial charge on any atom is 0.0233 e. The summed E-state index contributed by atoms with van der Waals surface area (Å²) in [5.41, 5.74) is 1.47. The van der Waals surface area contributed by atoms with Crippen molar-refractivity contribution in [2.45, 2.75) is 25.8 Å². The number of fused-ring (bicyclic) bond motifs is 2. The molecule has 0 radical (unpaired) electrons. The van der Waals surface area contributed by atoms with Crippen LogP contribution in [0.2, 0.25) is 0 Å². The van der Waals surface area contributed by atoms with Gasteiger partial charge < -0.3 is 0 Å². The van der Waals surface area contributed by atoms with Crippen LogP contribution < -0.4 is 0 Å². The summed E-state index contributed by atoms with van der Waals surface area (Å²) >= 11 is 0. The molecule has 0 spiro atoms. The summed E-state index contributed by atoms with van der Waals surface area (Å²) in [6, 6.07) is 10.9. The first-order valence-corrected chi connectivity index (χ1v) is 6.16. The third-order valence-electron chi connectivity index (χ3n) is 3.93. The molecule has 1 aromatic rings. The van der Waals surface area contributed by atoms with Crippen LogP contribution in [0.15, 0.2) is 30.3 Å². The molecule has 1 nitrogen and oxygen atoms in total. The van der Waals surface area contributed by atoms with Gasteiger partial charge in [-0.2, -0.15) is 0 Å². The molecule has 0 aromatic heterocycles. The first-order chi connectivity index (χ1) is 7.40. The Morgan fingerprint density at radius 3 is 2.33 bits per heavy atom. The average Bonchev–Trinajstić information content (AvgIpc) is 2.60. The molecule has 2 bridgehead atoms. The van der Waals surface area contributed by atoms with Crippen molar-refractivity contribution in [2.75, 3.05) is 13.1 Å². The Morgan fingerprint density at radius 1 is 1.00 bits per heavy atom. The van der Waals surface area contributed by atoms with Crippen molar-refractivity contribution < 1.29 is 0 Å². The predicted octanol–water partition coefficient (Wildman–Crippen LogP) is 2.92. The van der Waals surface area contributed by atoms with Gasteiger partial charge in [-0.05, 0) is 36.7 Å². The van der Waals surface area contributed by atoms with Crippen LogP contribution in [-0.2, 0) is 6.54 Å². The third-order valence-corrected chi connectivity index (χ3v) is 3.93. The fraction of sp³-hybridized carbons (Fsp3) is 0.571. The standard InChI is InChI=1S/C14H19N/c1-2-4-12(5-3-1)9-15-10-13-6-7-14(8-13)11-15/h1-5,13-14H,6-11H2/t13-,14+. The Labute approximate surface area is 92.1 Å². The molecule has 1 heterocycles. The minimum absolute atomic E-state index is 1.01. The van der Waals surface area contributed by atoms with E-state index in [0.29, 0.717) is 0 Å². The molecular weight excluding hydrogens is 182 g/mol. The molecule has 2 aliphatic rings. The van der Waals surface area contributed by atoms with Gasteiger partial charge >= 0.3 is 0 Å². The third kappa shape index (κ3) is 2.07. The van der Waals surface area contributed by atoms with Gasteiger partial charge in [0, 0.05) is 19.6 Å². The maximum atomic E-state index is 2.65. The van der Waals surface area contributed by atoms with Crippen LogP contribution in [0.25, 0.3) is 0 Å². The van der Waals surface area contributed by atoms with Crippen molar-refractivity contribution in [2.24, 2.45) is 11.8 Å². The van der Waals surface area contributed by atoms with Gasteiger partial charge in [-0.25, -0.2) is 0 Å². The van der Waals surface area contributed by atoms with Crippen LogP contribution in [-0.4, -0.2) is 18.0 Å². The van der Waals surface area contributed by atoms with Gasteiger partial charge in [0.15, 0.2) is 0 Å². The van der Waals surface area contributed by atoms with Crippen LogP contribution in [0.3, 0.4) is 0 Å². The smallest absolute Gasteiger partial charge is 0.0233 e. The van der Waals surface area contributed by atoms with E-state index in [9.17, 15) is 0 Å². The quantitative estimate of drug-likeness (QED) is 0.711. The SMILES string of the molecule is c1ccc(CN2C[C@@H]3CC[C@@H](C3)C2)cc1. The van der Waals surface area contributed by atoms with Crippen molar-refractivity contribution in [1.29, 1.82) is 0 Å². The Hall–Kier alpha value is -0.820. The lowest BCUT2D eigenvalue weighted by atomic mass is 9.98. The van der Waals surface area contributed by atoms with E-state index < -0.39 is 0 Å². The molecular formula is C14H19N. The fourth-order valence-corrected chi connectivity index (χ4v) is 3.29. The van der Waals surface area contributed by atoms with E-state index in [0.717, 1.165) is 18.4 Å². The van der Waals surface area contributed by atoms with Gasteiger partial charge in [-0.1, -0.05) is 30.3 Å². The van der Waals surface area contributed by atoms with Crippen LogP contribution in [0.1, 0.15) is 24.8 Å². The van der Waals surface area contributed by atoms with Gasteiger partial charge in [0.25, 0.3) is 0 Å². The first kappa shape index (κ1) is 9.41. The summed E-state index contributed by atoms with van der Waals surface area (Å²) in [4.78, 5) is 2.65. The van der Waals surface area contributed by atoms with Gasteiger partial charge in [0.05, 0.1) is 0 Å². The van der Waals surface area contributed by atoms with Crippen molar-refractivity contribution >= 4 is 0 Å². The predicted molar refractivity (Wildman–Crippen MR) is 62.6 cm³/mol. The van der Waals surface area contributed by atoms with Gasteiger partial charge in [0.1, 0.15) is 0 Å². The summed E-state index contributed by atoms with van der Waals surface area (Å²) in [6.45, 7) is 3.84. The molecule has 1 saturated carbocycles. The molecule has 1 saturated heterocycles. The zero-order valence-electron chi connectivity index (χ0n) is 9.23. The molecule has 1 aliphatic heterocycles. The Bertz CT molecular complexity index is 307.